The Hall–Kier alpha value is -1.62. The molecule has 2 rings (SSSR count). The summed E-state index contributed by atoms with van der Waals surface area (Å²) in [6.07, 6.45) is 3.86. The Kier molecular flexibility index (Phi) is 5.35. The Morgan fingerprint density at radius 2 is 2.10 bits per heavy atom. The molecule has 0 aromatic heterocycles. The van der Waals surface area contributed by atoms with Crippen LogP contribution in [0.4, 0.5) is 11.4 Å². The highest BCUT2D eigenvalue weighted by molar-refractivity contribution is 7.80. The summed E-state index contributed by atoms with van der Waals surface area (Å²) in [4.78, 5) is 13.5. The zero-order valence-corrected chi connectivity index (χ0v) is 12.6. The van der Waals surface area contributed by atoms with Crippen LogP contribution in [-0.2, 0) is 4.79 Å². The first-order chi connectivity index (χ1) is 9.70. The molecule has 20 heavy (non-hydrogen) atoms. The van der Waals surface area contributed by atoms with E-state index in [4.69, 9.17) is 12.2 Å². The fraction of sp³-hybridized carbons (Fsp3) is 0.467. The number of thiocarbonyl (C=S) groups is 1. The Morgan fingerprint density at radius 3 is 2.70 bits per heavy atom. The molecule has 1 aromatic carbocycles. The summed E-state index contributed by atoms with van der Waals surface area (Å²) >= 11 is 5.22. The zero-order valence-electron chi connectivity index (χ0n) is 11.8. The summed E-state index contributed by atoms with van der Waals surface area (Å²) in [7, 11) is 0. The molecule has 0 saturated carbocycles. The third-order valence-electron chi connectivity index (χ3n) is 3.33. The predicted octanol–water partition coefficient (Wildman–Crippen LogP) is 2.90. The van der Waals surface area contributed by atoms with Crippen molar-refractivity contribution in [1.29, 1.82) is 0 Å². The number of carbonyl (C=O) groups excluding carboxylic acids is 1. The smallest absolute Gasteiger partial charge is 0.227 e. The van der Waals surface area contributed by atoms with E-state index in [1.807, 2.05) is 29.2 Å². The maximum atomic E-state index is 11.7. The van der Waals surface area contributed by atoms with Crippen LogP contribution in [0.15, 0.2) is 24.3 Å². The lowest BCUT2D eigenvalue weighted by Gasteiger charge is -2.16. The van der Waals surface area contributed by atoms with Gasteiger partial charge in [0.2, 0.25) is 5.91 Å². The number of unbranched alkanes of at least 4 members (excludes halogenated alkanes) is 1. The van der Waals surface area contributed by atoms with Crippen molar-refractivity contribution in [3.05, 3.63) is 24.3 Å². The van der Waals surface area contributed by atoms with Crippen molar-refractivity contribution >= 4 is 34.6 Å². The fourth-order valence-electron chi connectivity index (χ4n) is 2.20. The summed E-state index contributed by atoms with van der Waals surface area (Å²) in [5, 5.41) is 6.95. The SMILES string of the molecule is CCCCNC(=S)Nc1ccc(N2CCCC2=O)cc1. The molecule has 0 bridgehead atoms. The number of hydrogen-bond acceptors (Lipinski definition) is 2. The Bertz CT molecular complexity index is 473. The number of carbonyl (C=O) groups is 1. The maximum absolute atomic E-state index is 11.7. The predicted molar refractivity (Wildman–Crippen MR) is 87.2 cm³/mol. The minimum absolute atomic E-state index is 0.211. The minimum Gasteiger partial charge on any atom is -0.362 e. The van der Waals surface area contributed by atoms with Gasteiger partial charge < -0.3 is 15.5 Å². The molecule has 0 spiro atoms. The van der Waals surface area contributed by atoms with E-state index in [-0.39, 0.29) is 5.91 Å². The van der Waals surface area contributed by atoms with Gasteiger partial charge in [-0.05, 0) is 49.3 Å². The van der Waals surface area contributed by atoms with Crippen LogP contribution < -0.4 is 15.5 Å². The molecule has 2 N–H and O–H groups in total. The molecule has 0 unspecified atom stereocenters. The number of anilines is 2. The van der Waals surface area contributed by atoms with E-state index >= 15 is 0 Å². The molecular formula is C15H21N3OS. The first-order valence-electron chi connectivity index (χ1n) is 7.16. The lowest BCUT2D eigenvalue weighted by Crippen LogP contribution is -2.29. The van der Waals surface area contributed by atoms with Crippen molar-refractivity contribution in [2.45, 2.75) is 32.6 Å². The van der Waals surface area contributed by atoms with Gasteiger partial charge in [0.15, 0.2) is 5.11 Å². The average Bonchev–Trinajstić information content (AvgIpc) is 2.86. The van der Waals surface area contributed by atoms with Gasteiger partial charge in [-0.3, -0.25) is 4.79 Å². The van der Waals surface area contributed by atoms with Gasteiger partial charge in [-0.2, -0.15) is 0 Å². The normalized spacial score (nSPS) is 14.4. The molecule has 4 nitrogen and oxygen atoms in total. The summed E-state index contributed by atoms with van der Waals surface area (Å²) in [5.74, 6) is 0.211. The second kappa shape index (κ2) is 7.24. The van der Waals surface area contributed by atoms with Crippen molar-refractivity contribution in [1.82, 2.24) is 5.32 Å². The highest BCUT2D eigenvalue weighted by Gasteiger charge is 2.21. The lowest BCUT2D eigenvalue weighted by atomic mass is 10.2. The topological polar surface area (TPSA) is 44.4 Å². The van der Waals surface area contributed by atoms with Gasteiger partial charge >= 0.3 is 0 Å². The van der Waals surface area contributed by atoms with Crippen molar-refractivity contribution in [3.63, 3.8) is 0 Å². The molecule has 1 aliphatic heterocycles. The van der Waals surface area contributed by atoms with Crippen LogP contribution in [0, 0.1) is 0 Å². The number of nitrogens with one attached hydrogen (secondary N) is 2. The summed E-state index contributed by atoms with van der Waals surface area (Å²) in [6.45, 7) is 3.86. The number of hydrogen-bond donors (Lipinski definition) is 2. The molecular weight excluding hydrogens is 270 g/mol. The lowest BCUT2D eigenvalue weighted by molar-refractivity contribution is -0.117. The molecule has 108 valence electrons. The van der Waals surface area contributed by atoms with E-state index in [2.05, 4.69) is 17.6 Å². The summed E-state index contributed by atoms with van der Waals surface area (Å²) in [5.41, 5.74) is 1.90. The Balaban J connectivity index is 1.88. The van der Waals surface area contributed by atoms with E-state index in [9.17, 15) is 4.79 Å². The molecule has 1 aliphatic rings. The van der Waals surface area contributed by atoms with Crippen LogP contribution in [0.1, 0.15) is 32.6 Å². The molecule has 1 amide bonds. The number of amides is 1. The van der Waals surface area contributed by atoms with Gasteiger partial charge in [-0.25, -0.2) is 0 Å². The molecule has 1 saturated heterocycles. The van der Waals surface area contributed by atoms with Crippen molar-refractivity contribution in [2.24, 2.45) is 0 Å². The van der Waals surface area contributed by atoms with E-state index < -0.39 is 0 Å². The van der Waals surface area contributed by atoms with Crippen LogP contribution >= 0.6 is 12.2 Å². The molecule has 0 aliphatic carbocycles. The fourth-order valence-corrected chi connectivity index (χ4v) is 2.42. The van der Waals surface area contributed by atoms with Crippen molar-refractivity contribution in [3.8, 4) is 0 Å². The average molecular weight is 291 g/mol. The highest BCUT2D eigenvalue weighted by atomic mass is 32.1. The molecule has 0 radical (unpaired) electrons. The van der Waals surface area contributed by atoms with Gasteiger partial charge in [0.25, 0.3) is 0 Å². The van der Waals surface area contributed by atoms with Crippen LogP contribution in [-0.4, -0.2) is 24.1 Å². The van der Waals surface area contributed by atoms with E-state index in [0.29, 0.717) is 11.5 Å². The number of benzene rings is 1. The quantitative estimate of drug-likeness (QED) is 0.647. The Labute approximate surface area is 125 Å². The van der Waals surface area contributed by atoms with Gasteiger partial charge in [-0.15, -0.1) is 0 Å². The first-order valence-corrected chi connectivity index (χ1v) is 7.57. The molecule has 1 heterocycles. The number of rotatable bonds is 5. The van der Waals surface area contributed by atoms with Gasteiger partial charge in [0.1, 0.15) is 0 Å². The third kappa shape index (κ3) is 3.93. The van der Waals surface area contributed by atoms with E-state index in [0.717, 1.165) is 43.7 Å². The van der Waals surface area contributed by atoms with E-state index in [1.165, 1.54) is 0 Å². The molecule has 1 aromatic rings. The zero-order chi connectivity index (χ0) is 14.4. The highest BCUT2D eigenvalue weighted by Crippen LogP contribution is 2.22. The monoisotopic (exact) mass is 291 g/mol. The van der Waals surface area contributed by atoms with Crippen LogP contribution in [0.25, 0.3) is 0 Å². The third-order valence-corrected chi connectivity index (χ3v) is 3.57. The first kappa shape index (κ1) is 14.8. The minimum atomic E-state index is 0.211. The second-order valence-corrected chi connectivity index (χ2v) is 5.34. The summed E-state index contributed by atoms with van der Waals surface area (Å²) < 4.78 is 0. The van der Waals surface area contributed by atoms with Gasteiger partial charge in [-0.1, -0.05) is 13.3 Å². The van der Waals surface area contributed by atoms with Gasteiger partial charge in [0.05, 0.1) is 0 Å². The maximum Gasteiger partial charge on any atom is 0.227 e. The second-order valence-electron chi connectivity index (χ2n) is 4.93. The molecule has 1 fully saturated rings. The number of nitrogens with zero attached hydrogens (tertiary/aromatic N) is 1. The van der Waals surface area contributed by atoms with Crippen LogP contribution in [0.2, 0.25) is 0 Å². The standard InChI is InChI=1S/C15H21N3OS/c1-2-3-10-16-15(20)17-12-6-8-13(9-7-12)18-11-4-5-14(18)19/h6-9H,2-5,10-11H2,1H3,(H2,16,17,20). The largest absolute Gasteiger partial charge is 0.362 e. The van der Waals surface area contributed by atoms with Gasteiger partial charge in [0, 0.05) is 30.9 Å². The van der Waals surface area contributed by atoms with E-state index in [1.54, 1.807) is 0 Å². The molecule has 5 heteroatoms. The Morgan fingerprint density at radius 1 is 1.35 bits per heavy atom. The molecule has 0 atom stereocenters. The van der Waals surface area contributed by atoms with Crippen LogP contribution in [0.5, 0.6) is 0 Å². The van der Waals surface area contributed by atoms with Crippen molar-refractivity contribution in [2.75, 3.05) is 23.3 Å². The van der Waals surface area contributed by atoms with Crippen molar-refractivity contribution < 1.29 is 4.79 Å². The summed E-state index contributed by atoms with van der Waals surface area (Å²) in [6, 6.07) is 7.82. The van der Waals surface area contributed by atoms with Crippen LogP contribution in [0.3, 0.4) is 0 Å².